The first kappa shape index (κ1) is 10.1. The van der Waals surface area contributed by atoms with E-state index in [-0.39, 0.29) is 15.8 Å². The zero-order valence-electron chi connectivity index (χ0n) is 7.24. The predicted molar refractivity (Wildman–Crippen MR) is 55.9 cm³/mol. The topological polar surface area (TPSA) is 70.9 Å². The van der Waals surface area contributed by atoms with E-state index >= 15 is 0 Å². The van der Waals surface area contributed by atoms with Gasteiger partial charge in [-0.1, -0.05) is 23.2 Å². The van der Waals surface area contributed by atoms with E-state index in [2.05, 4.69) is 10.2 Å². The van der Waals surface area contributed by atoms with E-state index in [9.17, 15) is 9.90 Å². The summed E-state index contributed by atoms with van der Waals surface area (Å²) < 4.78 is 1.22. The lowest BCUT2D eigenvalue weighted by Gasteiger charge is -2.04. The molecule has 0 saturated heterocycles. The molecule has 1 heterocycles. The number of aromatic nitrogens is 3. The van der Waals surface area contributed by atoms with Crippen LogP contribution in [0.1, 0.15) is 0 Å². The van der Waals surface area contributed by atoms with E-state index in [1.54, 1.807) is 0 Å². The van der Waals surface area contributed by atoms with E-state index in [1.165, 1.54) is 23.0 Å². The minimum absolute atomic E-state index is 0.0746. The van der Waals surface area contributed by atoms with Crippen LogP contribution < -0.4 is 5.69 Å². The number of rotatable bonds is 1. The van der Waals surface area contributed by atoms with Crippen molar-refractivity contribution in [1.29, 1.82) is 0 Å². The van der Waals surface area contributed by atoms with Gasteiger partial charge in [-0.3, -0.25) is 0 Å². The van der Waals surface area contributed by atoms with Crippen LogP contribution in [-0.2, 0) is 0 Å². The summed E-state index contributed by atoms with van der Waals surface area (Å²) in [7, 11) is 0. The van der Waals surface area contributed by atoms with Crippen LogP contribution in [-0.4, -0.2) is 19.9 Å². The van der Waals surface area contributed by atoms with Crippen molar-refractivity contribution >= 4 is 23.2 Å². The Bertz CT molecular complexity index is 538. The van der Waals surface area contributed by atoms with Crippen LogP contribution in [0, 0.1) is 0 Å². The van der Waals surface area contributed by atoms with E-state index in [4.69, 9.17) is 23.2 Å². The molecule has 0 radical (unpaired) electrons. The average molecular weight is 246 g/mol. The molecule has 7 heteroatoms. The molecule has 1 aromatic heterocycles. The van der Waals surface area contributed by atoms with E-state index < -0.39 is 5.69 Å². The lowest BCUT2D eigenvalue weighted by Crippen LogP contribution is -2.13. The third-order valence-corrected chi connectivity index (χ3v) is 2.41. The molecule has 2 rings (SSSR count). The molecule has 0 aliphatic heterocycles. The predicted octanol–water partition coefficient (Wildman–Crippen LogP) is 1.57. The van der Waals surface area contributed by atoms with Crippen LogP contribution in [0.15, 0.2) is 23.3 Å². The van der Waals surface area contributed by atoms with Crippen molar-refractivity contribution in [3.8, 4) is 11.4 Å². The number of phenols is 1. The van der Waals surface area contributed by atoms with E-state index in [1.807, 2.05) is 0 Å². The zero-order valence-corrected chi connectivity index (χ0v) is 8.75. The van der Waals surface area contributed by atoms with Gasteiger partial charge in [0.2, 0.25) is 0 Å². The number of H-pyrrole nitrogens is 1. The molecule has 2 N–H and O–H groups in total. The first-order valence-corrected chi connectivity index (χ1v) is 4.65. The Balaban J connectivity index is 2.66. The molecular formula is C8H5Cl2N3O2. The van der Waals surface area contributed by atoms with Gasteiger partial charge in [0, 0.05) is 0 Å². The van der Waals surface area contributed by atoms with Gasteiger partial charge in [0.15, 0.2) is 5.75 Å². The van der Waals surface area contributed by atoms with Crippen LogP contribution in [0.5, 0.6) is 5.75 Å². The number of aromatic hydroxyl groups is 1. The molecule has 0 saturated carbocycles. The molecule has 15 heavy (non-hydrogen) atoms. The molecule has 1 aromatic carbocycles. The summed E-state index contributed by atoms with van der Waals surface area (Å²) >= 11 is 11.4. The van der Waals surface area contributed by atoms with Crippen molar-refractivity contribution < 1.29 is 5.11 Å². The molecule has 0 atom stereocenters. The monoisotopic (exact) mass is 245 g/mol. The highest BCUT2D eigenvalue weighted by Gasteiger charge is 2.09. The van der Waals surface area contributed by atoms with Gasteiger partial charge in [-0.2, -0.15) is 5.10 Å². The van der Waals surface area contributed by atoms with Crippen LogP contribution in [0.3, 0.4) is 0 Å². The lowest BCUT2D eigenvalue weighted by atomic mass is 10.3. The molecule has 0 bridgehead atoms. The van der Waals surface area contributed by atoms with Crippen molar-refractivity contribution in [3.63, 3.8) is 0 Å². The fourth-order valence-corrected chi connectivity index (χ4v) is 1.60. The fourth-order valence-electron chi connectivity index (χ4n) is 1.12. The SMILES string of the molecule is O=c1[nH]ncn1-c1cc(Cl)c(O)c(Cl)c1. The Morgan fingerprint density at radius 3 is 2.40 bits per heavy atom. The average Bonchev–Trinajstić information content (AvgIpc) is 2.60. The largest absolute Gasteiger partial charge is 0.505 e. The summed E-state index contributed by atoms with van der Waals surface area (Å²) in [6.07, 6.45) is 1.29. The lowest BCUT2D eigenvalue weighted by molar-refractivity contribution is 0.475. The summed E-state index contributed by atoms with van der Waals surface area (Å²) in [6.45, 7) is 0. The maximum atomic E-state index is 11.2. The van der Waals surface area contributed by atoms with Gasteiger partial charge in [-0.25, -0.2) is 14.5 Å². The minimum atomic E-state index is -0.409. The highest BCUT2D eigenvalue weighted by atomic mass is 35.5. The Kier molecular flexibility index (Phi) is 2.42. The third kappa shape index (κ3) is 1.71. The van der Waals surface area contributed by atoms with Crippen molar-refractivity contribution in [2.75, 3.05) is 0 Å². The molecule has 0 aliphatic rings. The summed E-state index contributed by atoms with van der Waals surface area (Å²) in [5.74, 6) is -0.210. The van der Waals surface area contributed by atoms with Gasteiger partial charge in [-0.15, -0.1) is 0 Å². The molecular weight excluding hydrogens is 241 g/mol. The van der Waals surface area contributed by atoms with Gasteiger partial charge >= 0.3 is 5.69 Å². The van der Waals surface area contributed by atoms with Crippen molar-refractivity contribution in [3.05, 3.63) is 39.0 Å². The third-order valence-electron chi connectivity index (χ3n) is 1.83. The van der Waals surface area contributed by atoms with Crippen LogP contribution in [0.2, 0.25) is 10.0 Å². The number of aromatic amines is 1. The summed E-state index contributed by atoms with van der Waals surface area (Å²) in [5, 5.41) is 15.3. The zero-order chi connectivity index (χ0) is 11.0. The summed E-state index contributed by atoms with van der Waals surface area (Å²) in [5.41, 5.74) is 0.0226. The van der Waals surface area contributed by atoms with Crippen molar-refractivity contribution in [2.24, 2.45) is 0 Å². The van der Waals surface area contributed by atoms with Gasteiger partial charge in [0.05, 0.1) is 15.7 Å². The molecule has 0 amide bonds. The number of halogens is 2. The molecule has 0 unspecified atom stereocenters. The normalized spacial score (nSPS) is 10.5. The fraction of sp³-hybridized carbons (Fsp3) is 0. The van der Waals surface area contributed by atoms with Gasteiger partial charge in [-0.05, 0) is 12.1 Å². The highest BCUT2D eigenvalue weighted by molar-refractivity contribution is 6.37. The molecule has 0 fully saturated rings. The molecule has 0 spiro atoms. The first-order valence-electron chi connectivity index (χ1n) is 3.90. The maximum Gasteiger partial charge on any atom is 0.347 e. The number of nitrogens with zero attached hydrogens (tertiary/aromatic N) is 2. The Morgan fingerprint density at radius 1 is 1.33 bits per heavy atom. The molecule has 78 valence electrons. The van der Waals surface area contributed by atoms with Crippen molar-refractivity contribution in [2.45, 2.75) is 0 Å². The standard InChI is InChI=1S/C8H5Cl2N3O2/c9-5-1-4(2-6(10)7(5)14)13-3-11-12-8(13)15/h1-3,14H,(H,12,15). The maximum absolute atomic E-state index is 11.2. The molecule has 0 aliphatic carbocycles. The second kappa shape index (κ2) is 3.60. The van der Waals surface area contributed by atoms with E-state index in [0.29, 0.717) is 5.69 Å². The van der Waals surface area contributed by atoms with Gasteiger partial charge < -0.3 is 5.11 Å². The minimum Gasteiger partial charge on any atom is -0.505 e. The number of benzene rings is 1. The summed E-state index contributed by atoms with van der Waals surface area (Å²) in [6, 6.07) is 2.83. The molecule has 2 aromatic rings. The first-order chi connectivity index (χ1) is 7.09. The smallest absolute Gasteiger partial charge is 0.347 e. The van der Waals surface area contributed by atoms with Crippen LogP contribution in [0.4, 0.5) is 0 Å². The Hall–Kier alpha value is -1.46. The van der Waals surface area contributed by atoms with Crippen LogP contribution in [0.25, 0.3) is 5.69 Å². The highest BCUT2D eigenvalue weighted by Crippen LogP contribution is 2.33. The second-order valence-electron chi connectivity index (χ2n) is 2.79. The Morgan fingerprint density at radius 2 is 1.93 bits per heavy atom. The summed E-state index contributed by atoms with van der Waals surface area (Å²) in [4.78, 5) is 11.2. The number of phenolic OH excluding ortho intramolecular Hbond substituents is 1. The number of hydrogen-bond acceptors (Lipinski definition) is 3. The van der Waals surface area contributed by atoms with E-state index in [0.717, 1.165) is 0 Å². The van der Waals surface area contributed by atoms with Gasteiger partial charge in [0.1, 0.15) is 6.33 Å². The van der Waals surface area contributed by atoms with Crippen LogP contribution >= 0.6 is 23.2 Å². The number of hydrogen-bond donors (Lipinski definition) is 2. The Labute approximate surface area is 93.9 Å². The second-order valence-corrected chi connectivity index (χ2v) is 3.60. The molecule has 5 nitrogen and oxygen atoms in total. The number of nitrogens with one attached hydrogen (secondary N) is 1. The van der Waals surface area contributed by atoms with Crippen molar-refractivity contribution in [1.82, 2.24) is 14.8 Å². The quantitative estimate of drug-likeness (QED) is 0.802. The van der Waals surface area contributed by atoms with Gasteiger partial charge in [0.25, 0.3) is 0 Å².